The van der Waals surface area contributed by atoms with Crippen LogP contribution in [0.25, 0.3) is 10.9 Å². The molecule has 0 aliphatic heterocycles. The Bertz CT molecular complexity index is 1140. The van der Waals surface area contributed by atoms with Crippen molar-refractivity contribution >= 4 is 50.6 Å². The molecule has 1 aromatic heterocycles. The Labute approximate surface area is 173 Å². The van der Waals surface area contributed by atoms with E-state index in [1.807, 2.05) is 13.0 Å². The third-order valence-electron chi connectivity index (χ3n) is 3.82. The lowest BCUT2D eigenvalue weighted by Crippen LogP contribution is -2.22. The first-order valence-electron chi connectivity index (χ1n) is 8.28. The largest absolute Gasteiger partial charge is 0.480 e. The Morgan fingerprint density at radius 1 is 1.36 bits per heavy atom. The van der Waals surface area contributed by atoms with Crippen LogP contribution >= 0.6 is 27.5 Å². The monoisotopic (exact) mass is 463 g/mol. The highest BCUT2D eigenvalue weighted by Gasteiger charge is 2.10. The molecule has 3 rings (SSSR count). The van der Waals surface area contributed by atoms with E-state index in [9.17, 15) is 9.59 Å². The van der Waals surface area contributed by atoms with Crippen LogP contribution in [0.5, 0.6) is 5.75 Å². The zero-order valence-corrected chi connectivity index (χ0v) is 17.1. The standard InChI is InChI=1S/C19H15BrClN3O4/c1-2-17-23-15-5-4-12(20)8-13(15)19(27)24(17)22-9-11-3-6-16(14(21)7-11)28-10-18(25)26/h3-9H,2,10H2,1H3,(H,25,26). The van der Waals surface area contributed by atoms with Crippen LogP contribution in [0, 0.1) is 0 Å². The molecule has 28 heavy (non-hydrogen) atoms. The van der Waals surface area contributed by atoms with Gasteiger partial charge in [0, 0.05) is 10.9 Å². The molecule has 3 aromatic rings. The molecule has 0 fully saturated rings. The first-order valence-corrected chi connectivity index (χ1v) is 9.46. The number of aryl methyl sites for hydroxylation is 1. The van der Waals surface area contributed by atoms with Gasteiger partial charge >= 0.3 is 5.97 Å². The highest BCUT2D eigenvalue weighted by atomic mass is 79.9. The molecule has 0 radical (unpaired) electrons. The second kappa shape index (κ2) is 8.53. The summed E-state index contributed by atoms with van der Waals surface area (Å²) in [5, 5.41) is 13.6. The van der Waals surface area contributed by atoms with E-state index in [1.54, 1.807) is 30.3 Å². The molecule has 7 nitrogen and oxygen atoms in total. The number of rotatable bonds is 6. The number of benzene rings is 2. The minimum Gasteiger partial charge on any atom is -0.480 e. The average Bonchev–Trinajstić information content (AvgIpc) is 2.66. The number of hydrogen-bond donors (Lipinski definition) is 1. The van der Waals surface area contributed by atoms with Crippen molar-refractivity contribution in [2.45, 2.75) is 13.3 Å². The molecule has 9 heteroatoms. The van der Waals surface area contributed by atoms with Crippen LogP contribution in [0.15, 0.2) is 50.8 Å². The molecule has 0 bridgehead atoms. The van der Waals surface area contributed by atoms with Crippen LogP contribution in [-0.2, 0) is 11.2 Å². The highest BCUT2D eigenvalue weighted by molar-refractivity contribution is 9.10. The molecule has 0 unspecified atom stereocenters. The van der Waals surface area contributed by atoms with E-state index in [1.165, 1.54) is 10.9 Å². The Hall–Kier alpha value is -2.71. The number of hydrogen-bond acceptors (Lipinski definition) is 5. The summed E-state index contributed by atoms with van der Waals surface area (Å²) < 4.78 is 7.13. The minimum absolute atomic E-state index is 0.244. The number of halogens is 2. The Balaban J connectivity index is 1.96. The first-order chi connectivity index (χ1) is 13.4. The zero-order chi connectivity index (χ0) is 20.3. The fourth-order valence-corrected chi connectivity index (χ4v) is 3.13. The Morgan fingerprint density at radius 3 is 2.82 bits per heavy atom. The molecule has 0 saturated carbocycles. The van der Waals surface area contributed by atoms with Crippen LogP contribution in [0.4, 0.5) is 0 Å². The molecule has 0 amide bonds. The zero-order valence-electron chi connectivity index (χ0n) is 14.7. The highest BCUT2D eigenvalue weighted by Crippen LogP contribution is 2.25. The van der Waals surface area contributed by atoms with Gasteiger partial charge in [0.1, 0.15) is 11.6 Å². The number of ether oxygens (including phenoxy) is 1. The van der Waals surface area contributed by atoms with Gasteiger partial charge < -0.3 is 9.84 Å². The predicted molar refractivity (Wildman–Crippen MR) is 111 cm³/mol. The Morgan fingerprint density at radius 2 is 2.14 bits per heavy atom. The molecule has 1 N–H and O–H groups in total. The Kier molecular flexibility index (Phi) is 6.11. The van der Waals surface area contributed by atoms with Crippen molar-refractivity contribution < 1.29 is 14.6 Å². The van der Waals surface area contributed by atoms with Gasteiger partial charge in [0.05, 0.1) is 22.1 Å². The number of carboxylic acid groups (broad SMARTS) is 1. The number of aliphatic carboxylic acids is 1. The van der Waals surface area contributed by atoms with Gasteiger partial charge in [-0.3, -0.25) is 4.79 Å². The molecular formula is C19H15BrClN3O4. The van der Waals surface area contributed by atoms with Crippen molar-refractivity contribution in [1.82, 2.24) is 9.66 Å². The summed E-state index contributed by atoms with van der Waals surface area (Å²) in [7, 11) is 0. The molecule has 0 atom stereocenters. The number of aromatic nitrogens is 2. The van der Waals surface area contributed by atoms with Gasteiger partial charge in [-0.15, -0.1) is 0 Å². The van der Waals surface area contributed by atoms with Crippen molar-refractivity contribution in [3.05, 3.63) is 67.6 Å². The lowest BCUT2D eigenvalue weighted by molar-refractivity contribution is -0.139. The number of nitrogens with zero attached hydrogens (tertiary/aromatic N) is 3. The van der Waals surface area contributed by atoms with Gasteiger partial charge in [-0.05, 0) is 42.0 Å². The maximum Gasteiger partial charge on any atom is 0.341 e. The van der Waals surface area contributed by atoms with E-state index >= 15 is 0 Å². The smallest absolute Gasteiger partial charge is 0.341 e. The molecule has 144 valence electrons. The van der Waals surface area contributed by atoms with Gasteiger partial charge in [0.25, 0.3) is 5.56 Å². The molecule has 2 aromatic carbocycles. The molecule has 0 aliphatic rings. The first kappa shape index (κ1) is 20.0. The van der Waals surface area contributed by atoms with Crippen molar-refractivity contribution in [1.29, 1.82) is 0 Å². The van der Waals surface area contributed by atoms with Crippen molar-refractivity contribution in [3.63, 3.8) is 0 Å². The van der Waals surface area contributed by atoms with Crippen LogP contribution < -0.4 is 10.3 Å². The minimum atomic E-state index is -1.09. The summed E-state index contributed by atoms with van der Waals surface area (Å²) >= 11 is 9.48. The van der Waals surface area contributed by atoms with Crippen molar-refractivity contribution in [2.75, 3.05) is 6.61 Å². The lowest BCUT2D eigenvalue weighted by Gasteiger charge is -2.08. The quantitative estimate of drug-likeness (QED) is 0.561. The van der Waals surface area contributed by atoms with Gasteiger partial charge in [-0.25, -0.2) is 9.78 Å². The summed E-state index contributed by atoms with van der Waals surface area (Å²) in [5.41, 5.74) is 0.961. The molecule has 0 saturated heterocycles. The van der Waals surface area contributed by atoms with E-state index in [-0.39, 0.29) is 16.3 Å². The van der Waals surface area contributed by atoms with Crippen molar-refractivity contribution in [2.24, 2.45) is 5.10 Å². The molecular weight excluding hydrogens is 450 g/mol. The summed E-state index contributed by atoms with van der Waals surface area (Å²) in [6, 6.07) is 10.1. The van der Waals surface area contributed by atoms with Crippen LogP contribution in [-0.4, -0.2) is 33.6 Å². The third-order valence-corrected chi connectivity index (χ3v) is 4.61. The third kappa shape index (κ3) is 4.40. The molecule has 1 heterocycles. The summed E-state index contributed by atoms with van der Waals surface area (Å²) in [6.07, 6.45) is 2.01. The van der Waals surface area contributed by atoms with E-state index < -0.39 is 12.6 Å². The number of fused-ring (bicyclic) bond motifs is 1. The van der Waals surface area contributed by atoms with E-state index in [0.717, 1.165) is 4.47 Å². The van der Waals surface area contributed by atoms with Gasteiger partial charge in [0.2, 0.25) is 0 Å². The summed E-state index contributed by atoms with van der Waals surface area (Å²) in [4.78, 5) is 27.9. The predicted octanol–water partition coefficient (Wildman–Crippen LogP) is 3.72. The SMILES string of the molecule is CCc1nc2ccc(Br)cc2c(=O)n1N=Cc1ccc(OCC(=O)O)c(Cl)c1. The second-order valence-electron chi connectivity index (χ2n) is 5.78. The summed E-state index contributed by atoms with van der Waals surface area (Å²) in [5.74, 6) is -0.308. The number of carbonyl (C=O) groups is 1. The molecule has 0 aliphatic carbocycles. The fraction of sp³-hybridized carbons (Fsp3) is 0.158. The van der Waals surface area contributed by atoms with Gasteiger partial charge in [-0.1, -0.05) is 34.5 Å². The summed E-state index contributed by atoms with van der Waals surface area (Å²) in [6.45, 7) is 1.41. The van der Waals surface area contributed by atoms with E-state index in [0.29, 0.717) is 28.7 Å². The van der Waals surface area contributed by atoms with E-state index in [4.69, 9.17) is 21.4 Å². The van der Waals surface area contributed by atoms with Crippen LogP contribution in [0.3, 0.4) is 0 Å². The van der Waals surface area contributed by atoms with Crippen molar-refractivity contribution in [3.8, 4) is 5.75 Å². The van der Waals surface area contributed by atoms with Gasteiger partial charge in [-0.2, -0.15) is 9.78 Å². The topological polar surface area (TPSA) is 93.8 Å². The van der Waals surface area contributed by atoms with Crippen LogP contribution in [0.2, 0.25) is 5.02 Å². The second-order valence-corrected chi connectivity index (χ2v) is 7.10. The lowest BCUT2D eigenvalue weighted by atomic mass is 10.2. The fourth-order valence-electron chi connectivity index (χ4n) is 2.52. The van der Waals surface area contributed by atoms with Gasteiger partial charge in [0.15, 0.2) is 6.61 Å². The normalized spacial score (nSPS) is 11.2. The average molecular weight is 465 g/mol. The maximum absolute atomic E-state index is 12.8. The van der Waals surface area contributed by atoms with Crippen LogP contribution in [0.1, 0.15) is 18.3 Å². The van der Waals surface area contributed by atoms with E-state index in [2.05, 4.69) is 26.0 Å². The number of carboxylic acids is 1. The maximum atomic E-state index is 12.8. The molecule has 0 spiro atoms.